The van der Waals surface area contributed by atoms with Gasteiger partial charge in [-0.2, -0.15) is 15.2 Å². The maximum Gasteiger partial charge on any atom is 0.312 e. The summed E-state index contributed by atoms with van der Waals surface area (Å²) < 4.78 is 59.0. The zero-order valence-corrected chi connectivity index (χ0v) is 14.4. The average Bonchev–Trinajstić information content (AvgIpc) is 3.26. The number of aryl methyl sites for hydroxylation is 2. The van der Waals surface area contributed by atoms with Crippen LogP contribution in [-0.4, -0.2) is 50.1 Å². The fourth-order valence-corrected chi connectivity index (χ4v) is 2.77. The van der Waals surface area contributed by atoms with Crippen molar-refractivity contribution in [2.45, 2.75) is 45.4 Å². The molecule has 0 saturated heterocycles. The van der Waals surface area contributed by atoms with Gasteiger partial charge in [-0.05, 0) is 32.0 Å². The number of hydrazone groups is 1. The topological polar surface area (TPSA) is 83.9 Å². The molecule has 0 aliphatic carbocycles. The minimum atomic E-state index is -3.49. The number of halogens is 4. The second-order valence-electron chi connectivity index (χ2n) is 6.22. The molecule has 27 heavy (non-hydrogen) atoms. The maximum atomic E-state index is 13.2. The molecule has 0 unspecified atom stereocenters. The van der Waals surface area contributed by atoms with Gasteiger partial charge in [0.05, 0.1) is 12.2 Å². The van der Waals surface area contributed by atoms with Crippen LogP contribution in [0.2, 0.25) is 0 Å². The van der Waals surface area contributed by atoms with Gasteiger partial charge in [0.25, 0.3) is 12.9 Å². The van der Waals surface area contributed by atoms with E-state index in [2.05, 4.69) is 10.2 Å². The third-order valence-corrected chi connectivity index (χ3v) is 4.11. The molecule has 0 aromatic carbocycles. The SMILES string of the molecule is Cc1cc(C)n(Cc2ccc(C(=O)N3N=C(C(F)F)C[C@]3(O)C(F)F)o2)n1. The van der Waals surface area contributed by atoms with Crippen molar-refractivity contribution in [2.24, 2.45) is 5.10 Å². The zero-order chi connectivity index (χ0) is 19.9. The summed E-state index contributed by atoms with van der Waals surface area (Å²) in [6.45, 7) is 3.80. The minimum absolute atomic E-state index is 0.0366. The van der Waals surface area contributed by atoms with Crippen LogP contribution in [0.25, 0.3) is 0 Å². The van der Waals surface area contributed by atoms with Crippen molar-refractivity contribution in [3.63, 3.8) is 0 Å². The Hall–Kier alpha value is -2.69. The van der Waals surface area contributed by atoms with Gasteiger partial charge in [0.2, 0.25) is 5.72 Å². The molecule has 2 aromatic heterocycles. The monoisotopic (exact) mass is 388 g/mol. The third kappa shape index (κ3) is 3.46. The Morgan fingerprint density at radius 2 is 2.04 bits per heavy atom. The first-order valence-corrected chi connectivity index (χ1v) is 7.92. The van der Waals surface area contributed by atoms with Crippen molar-refractivity contribution >= 4 is 11.6 Å². The van der Waals surface area contributed by atoms with E-state index in [1.165, 1.54) is 12.1 Å². The average molecular weight is 388 g/mol. The van der Waals surface area contributed by atoms with Crippen LogP contribution in [0, 0.1) is 13.8 Å². The molecule has 3 heterocycles. The van der Waals surface area contributed by atoms with E-state index in [1.54, 1.807) is 11.6 Å². The van der Waals surface area contributed by atoms with E-state index >= 15 is 0 Å². The first-order valence-electron chi connectivity index (χ1n) is 7.92. The molecule has 0 spiro atoms. The molecule has 0 radical (unpaired) electrons. The quantitative estimate of drug-likeness (QED) is 0.798. The summed E-state index contributed by atoms with van der Waals surface area (Å²) in [7, 11) is 0. The van der Waals surface area contributed by atoms with Crippen LogP contribution in [0.1, 0.15) is 34.1 Å². The van der Waals surface area contributed by atoms with Gasteiger partial charge in [0.1, 0.15) is 11.5 Å². The highest BCUT2D eigenvalue weighted by Crippen LogP contribution is 2.34. The van der Waals surface area contributed by atoms with Crippen molar-refractivity contribution in [3.8, 4) is 0 Å². The fraction of sp³-hybridized carbons (Fsp3) is 0.438. The van der Waals surface area contributed by atoms with E-state index in [9.17, 15) is 27.5 Å². The Labute approximate surface area is 150 Å². The summed E-state index contributed by atoms with van der Waals surface area (Å²) in [5, 5.41) is 17.4. The Kier molecular flexibility index (Phi) is 4.81. The molecule has 146 valence electrons. The molecule has 0 bridgehead atoms. The predicted octanol–water partition coefficient (Wildman–Crippen LogP) is 2.56. The van der Waals surface area contributed by atoms with E-state index in [0.29, 0.717) is 5.76 Å². The Bertz CT molecular complexity index is 892. The molecule has 1 aliphatic rings. The van der Waals surface area contributed by atoms with Crippen LogP contribution < -0.4 is 0 Å². The summed E-state index contributed by atoms with van der Waals surface area (Å²) in [4.78, 5) is 12.4. The minimum Gasteiger partial charge on any atom is -0.454 e. The van der Waals surface area contributed by atoms with Crippen LogP contribution in [0.15, 0.2) is 27.7 Å². The molecule has 11 heteroatoms. The Balaban J connectivity index is 1.84. The number of aliphatic hydroxyl groups is 1. The van der Waals surface area contributed by atoms with Gasteiger partial charge in [-0.3, -0.25) is 9.48 Å². The van der Waals surface area contributed by atoms with E-state index in [1.807, 2.05) is 13.0 Å². The number of carbonyl (C=O) groups excluding carboxylic acids is 1. The van der Waals surface area contributed by atoms with Crippen LogP contribution in [-0.2, 0) is 6.54 Å². The molecule has 1 amide bonds. The van der Waals surface area contributed by atoms with Crippen LogP contribution in [0.3, 0.4) is 0 Å². The van der Waals surface area contributed by atoms with E-state index in [0.717, 1.165) is 11.4 Å². The van der Waals surface area contributed by atoms with Gasteiger partial charge < -0.3 is 9.52 Å². The molecule has 1 aliphatic heterocycles. The number of alkyl halides is 4. The van der Waals surface area contributed by atoms with Crippen molar-refractivity contribution in [1.29, 1.82) is 0 Å². The summed E-state index contributed by atoms with van der Waals surface area (Å²) in [6, 6.07) is 4.46. The van der Waals surface area contributed by atoms with Crippen molar-refractivity contribution in [3.05, 3.63) is 41.1 Å². The summed E-state index contributed by atoms with van der Waals surface area (Å²) >= 11 is 0. The lowest BCUT2D eigenvalue weighted by molar-refractivity contribution is -0.164. The maximum absolute atomic E-state index is 13.2. The first-order chi connectivity index (χ1) is 12.6. The van der Waals surface area contributed by atoms with Crippen LogP contribution in [0.5, 0.6) is 0 Å². The fourth-order valence-electron chi connectivity index (χ4n) is 2.77. The standard InChI is InChI=1S/C16H16F4N4O3/c1-8-5-9(2)23(21-8)7-10-3-4-12(27-10)14(25)24-16(26,15(19)20)6-11(22-24)13(17)18/h3-5,13,15,26H,6-7H2,1-2H3/t16-/m0/s1. The summed E-state index contributed by atoms with van der Waals surface area (Å²) in [5.41, 5.74) is -2.52. The smallest absolute Gasteiger partial charge is 0.312 e. The van der Waals surface area contributed by atoms with Gasteiger partial charge in [-0.25, -0.2) is 17.6 Å². The number of hydrogen-bond donors (Lipinski definition) is 1. The zero-order valence-electron chi connectivity index (χ0n) is 14.4. The highest BCUT2D eigenvalue weighted by Gasteiger charge is 2.53. The number of rotatable bonds is 5. The second-order valence-corrected chi connectivity index (χ2v) is 6.22. The van der Waals surface area contributed by atoms with Crippen molar-refractivity contribution in [1.82, 2.24) is 14.8 Å². The van der Waals surface area contributed by atoms with E-state index in [4.69, 9.17) is 4.42 Å². The third-order valence-electron chi connectivity index (χ3n) is 4.11. The summed E-state index contributed by atoms with van der Waals surface area (Å²) in [5.74, 6) is -1.36. The lowest BCUT2D eigenvalue weighted by Gasteiger charge is -2.29. The number of furan rings is 1. The number of amides is 1. The molecule has 0 fully saturated rings. The van der Waals surface area contributed by atoms with Crippen molar-refractivity contribution in [2.75, 3.05) is 0 Å². The molecule has 3 rings (SSSR count). The number of aromatic nitrogens is 2. The molecular weight excluding hydrogens is 372 g/mol. The van der Waals surface area contributed by atoms with E-state index < -0.39 is 42.4 Å². The first kappa shape index (κ1) is 19.1. The van der Waals surface area contributed by atoms with Gasteiger partial charge in [0, 0.05) is 12.1 Å². The molecule has 7 nitrogen and oxygen atoms in total. The van der Waals surface area contributed by atoms with Gasteiger partial charge in [-0.1, -0.05) is 0 Å². The number of nitrogens with zero attached hydrogens (tertiary/aromatic N) is 4. The predicted molar refractivity (Wildman–Crippen MR) is 84.7 cm³/mol. The molecular formula is C16H16F4N4O3. The van der Waals surface area contributed by atoms with Crippen LogP contribution in [0.4, 0.5) is 17.6 Å². The highest BCUT2D eigenvalue weighted by molar-refractivity contribution is 5.97. The molecule has 1 atom stereocenters. The van der Waals surface area contributed by atoms with Gasteiger partial charge >= 0.3 is 5.91 Å². The van der Waals surface area contributed by atoms with Gasteiger partial charge in [-0.15, -0.1) is 0 Å². The normalized spacial score (nSPS) is 20.0. The highest BCUT2D eigenvalue weighted by atomic mass is 19.3. The number of hydrogen-bond acceptors (Lipinski definition) is 5. The number of carbonyl (C=O) groups is 1. The largest absolute Gasteiger partial charge is 0.454 e. The molecule has 1 N–H and O–H groups in total. The molecule has 2 aromatic rings. The Morgan fingerprint density at radius 3 is 2.59 bits per heavy atom. The lowest BCUT2D eigenvalue weighted by atomic mass is 10.1. The van der Waals surface area contributed by atoms with Crippen LogP contribution >= 0.6 is 0 Å². The second kappa shape index (κ2) is 6.80. The summed E-state index contributed by atoms with van der Waals surface area (Å²) in [6.07, 6.45) is -7.82. The van der Waals surface area contributed by atoms with Crippen molar-refractivity contribution < 1.29 is 31.9 Å². The lowest BCUT2D eigenvalue weighted by Crippen LogP contribution is -2.51. The van der Waals surface area contributed by atoms with E-state index in [-0.39, 0.29) is 11.6 Å². The molecule has 0 saturated carbocycles. The van der Waals surface area contributed by atoms with Gasteiger partial charge in [0.15, 0.2) is 5.76 Å². The Morgan fingerprint density at radius 1 is 1.33 bits per heavy atom.